The number of nitrogens with one attached hydrogen (secondary N) is 2. The lowest BCUT2D eigenvalue weighted by atomic mass is 10.1. The van der Waals surface area contributed by atoms with Crippen molar-refractivity contribution in [2.75, 3.05) is 10.6 Å². The van der Waals surface area contributed by atoms with E-state index in [1.807, 2.05) is 36.4 Å². The lowest BCUT2D eigenvalue weighted by Gasteiger charge is -2.10. The van der Waals surface area contributed by atoms with Crippen molar-refractivity contribution in [1.82, 2.24) is 4.98 Å². The van der Waals surface area contributed by atoms with Gasteiger partial charge in [0, 0.05) is 11.7 Å². The molecule has 1 aliphatic carbocycles. The van der Waals surface area contributed by atoms with E-state index in [4.69, 9.17) is 0 Å². The van der Waals surface area contributed by atoms with Crippen molar-refractivity contribution in [2.24, 2.45) is 0 Å². The molecule has 0 bridgehead atoms. The van der Waals surface area contributed by atoms with Gasteiger partial charge in [0.2, 0.25) is 0 Å². The van der Waals surface area contributed by atoms with Crippen LogP contribution in [0.3, 0.4) is 0 Å². The average Bonchev–Trinajstić information content (AvgIpc) is 3.32. The molecule has 1 aromatic carbocycles. The SMILES string of the molecule is CCc1ccccc1NC(=O)c1cccc(NC2CC2)n1. The first-order chi connectivity index (χ1) is 10.3. The second kappa shape index (κ2) is 5.95. The van der Waals surface area contributed by atoms with Gasteiger partial charge < -0.3 is 10.6 Å². The Balaban J connectivity index is 1.75. The van der Waals surface area contributed by atoms with E-state index in [1.165, 1.54) is 12.8 Å². The number of aryl methyl sites for hydroxylation is 1. The quantitative estimate of drug-likeness (QED) is 0.882. The molecule has 1 aromatic heterocycles. The Morgan fingerprint density at radius 2 is 2.00 bits per heavy atom. The number of aromatic nitrogens is 1. The van der Waals surface area contributed by atoms with Gasteiger partial charge >= 0.3 is 0 Å². The predicted octanol–water partition coefficient (Wildman–Crippen LogP) is 3.47. The summed E-state index contributed by atoms with van der Waals surface area (Å²) in [5.41, 5.74) is 2.41. The number of anilines is 2. The molecule has 4 nitrogen and oxygen atoms in total. The van der Waals surface area contributed by atoms with Crippen molar-refractivity contribution in [3.05, 3.63) is 53.7 Å². The molecule has 2 aromatic rings. The van der Waals surface area contributed by atoms with E-state index in [2.05, 4.69) is 22.5 Å². The van der Waals surface area contributed by atoms with Gasteiger partial charge in [-0.2, -0.15) is 0 Å². The molecule has 0 spiro atoms. The molecule has 1 fully saturated rings. The maximum Gasteiger partial charge on any atom is 0.274 e. The van der Waals surface area contributed by atoms with Crippen LogP contribution in [0.15, 0.2) is 42.5 Å². The number of amides is 1. The molecule has 21 heavy (non-hydrogen) atoms. The first-order valence-corrected chi connectivity index (χ1v) is 7.39. The Labute approximate surface area is 124 Å². The van der Waals surface area contributed by atoms with Crippen LogP contribution in [0.5, 0.6) is 0 Å². The second-order valence-electron chi connectivity index (χ2n) is 5.29. The summed E-state index contributed by atoms with van der Waals surface area (Å²) in [5, 5.41) is 6.25. The molecule has 3 rings (SSSR count). The Morgan fingerprint density at radius 1 is 1.19 bits per heavy atom. The molecule has 1 amide bonds. The highest BCUT2D eigenvalue weighted by atomic mass is 16.1. The summed E-state index contributed by atoms with van der Waals surface area (Å²) < 4.78 is 0. The van der Waals surface area contributed by atoms with Gasteiger partial charge in [0.1, 0.15) is 11.5 Å². The van der Waals surface area contributed by atoms with Gasteiger partial charge in [0.25, 0.3) is 5.91 Å². The highest BCUT2D eigenvalue weighted by Crippen LogP contribution is 2.23. The minimum absolute atomic E-state index is 0.171. The van der Waals surface area contributed by atoms with Crippen LogP contribution in [-0.2, 0) is 6.42 Å². The molecule has 2 N–H and O–H groups in total. The van der Waals surface area contributed by atoms with E-state index in [-0.39, 0.29) is 5.91 Å². The number of nitrogens with zero attached hydrogens (tertiary/aromatic N) is 1. The van der Waals surface area contributed by atoms with E-state index >= 15 is 0 Å². The third kappa shape index (κ3) is 3.40. The molecule has 1 heterocycles. The number of hydrogen-bond acceptors (Lipinski definition) is 3. The van der Waals surface area contributed by atoms with E-state index < -0.39 is 0 Å². The normalized spacial score (nSPS) is 13.8. The van der Waals surface area contributed by atoms with Crippen LogP contribution in [0.2, 0.25) is 0 Å². The lowest BCUT2D eigenvalue weighted by Crippen LogP contribution is -2.16. The zero-order valence-corrected chi connectivity index (χ0v) is 12.1. The molecule has 1 aliphatic rings. The first-order valence-electron chi connectivity index (χ1n) is 7.39. The van der Waals surface area contributed by atoms with Gasteiger partial charge in [-0.05, 0) is 43.0 Å². The Kier molecular flexibility index (Phi) is 3.86. The van der Waals surface area contributed by atoms with E-state index in [0.29, 0.717) is 11.7 Å². The van der Waals surface area contributed by atoms with Gasteiger partial charge in [0.05, 0.1) is 0 Å². The maximum atomic E-state index is 12.3. The number of carbonyl (C=O) groups excluding carboxylic acids is 1. The number of hydrogen-bond donors (Lipinski definition) is 2. The minimum Gasteiger partial charge on any atom is -0.367 e. The standard InChI is InChI=1S/C17H19N3O/c1-2-12-6-3-4-7-14(12)20-17(21)15-8-5-9-16(19-15)18-13-10-11-13/h3-9,13H,2,10-11H2,1H3,(H,18,19)(H,20,21). The fourth-order valence-electron chi connectivity index (χ4n) is 2.22. The number of para-hydroxylation sites is 1. The van der Waals surface area contributed by atoms with Gasteiger partial charge in [-0.15, -0.1) is 0 Å². The summed E-state index contributed by atoms with van der Waals surface area (Å²) in [7, 11) is 0. The zero-order valence-electron chi connectivity index (χ0n) is 12.1. The number of pyridine rings is 1. The number of benzene rings is 1. The number of rotatable bonds is 5. The summed E-state index contributed by atoms with van der Waals surface area (Å²) >= 11 is 0. The Bertz CT molecular complexity index is 650. The molecule has 0 aliphatic heterocycles. The monoisotopic (exact) mass is 281 g/mol. The van der Waals surface area contributed by atoms with Crippen LogP contribution >= 0.6 is 0 Å². The van der Waals surface area contributed by atoms with Crippen LogP contribution < -0.4 is 10.6 Å². The van der Waals surface area contributed by atoms with Crippen molar-refractivity contribution in [3.8, 4) is 0 Å². The van der Waals surface area contributed by atoms with Crippen molar-refractivity contribution in [1.29, 1.82) is 0 Å². The molecule has 0 unspecified atom stereocenters. The first kappa shape index (κ1) is 13.6. The molecule has 0 atom stereocenters. The number of carbonyl (C=O) groups is 1. The van der Waals surface area contributed by atoms with Crippen LogP contribution in [0, 0.1) is 0 Å². The van der Waals surface area contributed by atoms with E-state index in [0.717, 1.165) is 23.5 Å². The topological polar surface area (TPSA) is 54.0 Å². The summed E-state index contributed by atoms with van der Waals surface area (Å²) in [6.45, 7) is 2.07. The largest absolute Gasteiger partial charge is 0.367 e. The summed E-state index contributed by atoms with van der Waals surface area (Å²) in [4.78, 5) is 16.7. The molecule has 0 saturated heterocycles. The molecular weight excluding hydrogens is 262 g/mol. The van der Waals surface area contributed by atoms with Crippen molar-refractivity contribution in [3.63, 3.8) is 0 Å². The van der Waals surface area contributed by atoms with Crippen molar-refractivity contribution >= 4 is 17.4 Å². The Morgan fingerprint density at radius 3 is 2.76 bits per heavy atom. The van der Waals surface area contributed by atoms with E-state index in [1.54, 1.807) is 6.07 Å². The van der Waals surface area contributed by atoms with Crippen LogP contribution in [-0.4, -0.2) is 16.9 Å². The zero-order chi connectivity index (χ0) is 14.7. The highest BCUT2D eigenvalue weighted by molar-refractivity contribution is 6.03. The highest BCUT2D eigenvalue weighted by Gasteiger charge is 2.21. The van der Waals surface area contributed by atoms with Crippen LogP contribution in [0.1, 0.15) is 35.8 Å². The van der Waals surface area contributed by atoms with Gasteiger partial charge in [0.15, 0.2) is 0 Å². The molecular formula is C17H19N3O. The molecule has 4 heteroatoms. The lowest BCUT2D eigenvalue weighted by molar-refractivity contribution is 0.102. The third-order valence-corrected chi connectivity index (χ3v) is 3.56. The maximum absolute atomic E-state index is 12.3. The van der Waals surface area contributed by atoms with Crippen LogP contribution in [0.4, 0.5) is 11.5 Å². The molecule has 0 radical (unpaired) electrons. The smallest absolute Gasteiger partial charge is 0.274 e. The minimum atomic E-state index is -0.171. The van der Waals surface area contributed by atoms with E-state index in [9.17, 15) is 4.79 Å². The summed E-state index contributed by atoms with van der Waals surface area (Å²) in [6.07, 6.45) is 3.25. The van der Waals surface area contributed by atoms with Gasteiger partial charge in [-0.25, -0.2) is 4.98 Å². The van der Waals surface area contributed by atoms with Gasteiger partial charge in [-0.1, -0.05) is 31.2 Å². The predicted molar refractivity (Wildman–Crippen MR) is 84.7 cm³/mol. The second-order valence-corrected chi connectivity index (χ2v) is 5.29. The molecule has 1 saturated carbocycles. The Hall–Kier alpha value is -2.36. The summed E-state index contributed by atoms with van der Waals surface area (Å²) in [6, 6.07) is 13.9. The average molecular weight is 281 g/mol. The fraction of sp³-hybridized carbons (Fsp3) is 0.294. The van der Waals surface area contributed by atoms with Crippen molar-refractivity contribution in [2.45, 2.75) is 32.2 Å². The van der Waals surface area contributed by atoms with Gasteiger partial charge in [-0.3, -0.25) is 4.79 Å². The molecule has 108 valence electrons. The fourth-order valence-corrected chi connectivity index (χ4v) is 2.22. The third-order valence-electron chi connectivity index (χ3n) is 3.56. The summed E-state index contributed by atoms with van der Waals surface area (Å²) in [5.74, 6) is 0.601. The van der Waals surface area contributed by atoms with Crippen LogP contribution in [0.25, 0.3) is 0 Å². The van der Waals surface area contributed by atoms with Crippen molar-refractivity contribution < 1.29 is 4.79 Å².